The Bertz CT molecular complexity index is 1590. The van der Waals surface area contributed by atoms with Crippen molar-refractivity contribution in [1.29, 1.82) is 0 Å². The monoisotopic (exact) mass is 606 g/mol. The summed E-state index contributed by atoms with van der Waals surface area (Å²) in [5.74, 6) is -3.28. The summed E-state index contributed by atoms with van der Waals surface area (Å²) >= 11 is 0. The van der Waals surface area contributed by atoms with E-state index >= 15 is 0 Å². The number of hydroxylamine groups is 2. The van der Waals surface area contributed by atoms with E-state index in [1.165, 1.54) is 0 Å². The molecule has 2 aromatic heterocycles. The standard InChI is InChI=1S/C33H42N4O7/c1-7-20-18(5)32(42)36-26(20)13-24-16(3)21(9-11-30(38)39)27(34-24)14-28-22(10-12-31(40)41)17(4)25(35-28)15-29-19(6)23(8-2)33(43)37(29)44-33/h8,13,18,20,29,34-35,43H,2,7,9-12,14-15H2,1,3-6H3,(H,36,42)(H,38,39)(H,40,41)/b26-13-/t18-,20-,29-,33-,37?/m1/s1. The first-order chi connectivity index (χ1) is 20.8. The van der Waals surface area contributed by atoms with Crippen molar-refractivity contribution >= 4 is 23.9 Å². The average molecular weight is 607 g/mol. The van der Waals surface area contributed by atoms with Crippen molar-refractivity contribution in [1.82, 2.24) is 20.3 Å². The smallest absolute Gasteiger partial charge is 0.303 e. The Morgan fingerprint density at radius 2 is 1.64 bits per heavy atom. The number of rotatable bonds is 13. The van der Waals surface area contributed by atoms with Crippen LogP contribution in [0.25, 0.3) is 6.08 Å². The molecule has 1 unspecified atom stereocenters. The molecule has 2 saturated heterocycles. The zero-order valence-electron chi connectivity index (χ0n) is 26.0. The normalized spacial score (nSPS) is 26.8. The molecule has 11 heteroatoms. The summed E-state index contributed by atoms with van der Waals surface area (Å²) in [6.45, 7) is 13.7. The van der Waals surface area contributed by atoms with E-state index in [9.17, 15) is 29.7 Å². The molecule has 5 heterocycles. The third kappa shape index (κ3) is 5.55. The third-order valence-electron chi connectivity index (χ3n) is 9.69. The van der Waals surface area contributed by atoms with Crippen molar-refractivity contribution < 1.29 is 34.5 Å². The van der Waals surface area contributed by atoms with Crippen LogP contribution in [0, 0.1) is 25.7 Å². The van der Waals surface area contributed by atoms with Gasteiger partial charge in [-0.2, -0.15) is 0 Å². The lowest BCUT2D eigenvalue weighted by molar-refractivity contribution is -0.138. The van der Waals surface area contributed by atoms with Crippen molar-refractivity contribution in [2.24, 2.45) is 11.8 Å². The van der Waals surface area contributed by atoms with Gasteiger partial charge < -0.3 is 30.6 Å². The van der Waals surface area contributed by atoms with E-state index in [0.717, 1.165) is 62.7 Å². The van der Waals surface area contributed by atoms with Gasteiger partial charge in [-0.15, -0.1) is 5.06 Å². The Balaban J connectivity index is 1.52. The fourth-order valence-corrected chi connectivity index (χ4v) is 7.02. The maximum Gasteiger partial charge on any atom is 0.303 e. The van der Waals surface area contributed by atoms with E-state index in [1.807, 2.05) is 33.8 Å². The first-order valence-electron chi connectivity index (χ1n) is 15.2. The van der Waals surface area contributed by atoms with Crippen molar-refractivity contribution in [2.75, 3.05) is 0 Å². The van der Waals surface area contributed by atoms with Gasteiger partial charge in [-0.25, -0.2) is 4.84 Å². The lowest BCUT2D eigenvalue weighted by Crippen LogP contribution is -2.23. The minimum Gasteiger partial charge on any atom is -0.481 e. The molecular weight excluding hydrogens is 564 g/mol. The summed E-state index contributed by atoms with van der Waals surface area (Å²) in [5.41, 5.74) is 9.58. The van der Waals surface area contributed by atoms with Gasteiger partial charge in [0.15, 0.2) is 0 Å². The summed E-state index contributed by atoms with van der Waals surface area (Å²) in [6, 6.07) is -0.210. The lowest BCUT2D eigenvalue weighted by atomic mass is 9.92. The van der Waals surface area contributed by atoms with Crippen LogP contribution in [0.15, 0.2) is 29.5 Å². The predicted octanol–water partition coefficient (Wildman–Crippen LogP) is 4.04. The second-order valence-corrected chi connectivity index (χ2v) is 12.2. The van der Waals surface area contributed by atoms with Gasteiger partial charge in [0.05, 0.1) is 6.04 Å². The maximum absolute atomic E-state index is 12.4. The Morgan fingerprint density at radius 3 is 2.20 bits per heavy atom. The molecule has 44 heavy (non-hydrogen) atoms. The van der Waals surface area contributed by atoms with Crippen LogP contribution in [-0.4, -0.2) is 60.1 Å². The largest absolute Gasteiger partial charge is 0.481 e. The van der Waals surface area contributed by atoms with Crippen LogP contribution in [0.5, 0.6) is 0 Å². The topological polar surface area (TPSA) is 171 Å². The number of allylic oxidation sites excluding steroid dienone is 1. The number of aromatic nitrogens is 2. The number of carboxylic acid groups (broad SMARTS) is 2. The molecule has 0 spiro atoms. The summed E-state index contributed by atoms with van der Waals surface area (Å²) in [6.07, 6.45) is 5.90. The van der Waals surface area contributed by atoms with Crippen LogP contribution in [0.3, 0.4) is 0 Å². The van der Waals surface area contributed by atoms with Crippen LogP contribution < -0.4 is 5.32 Å². The summed E-state index contributed by atoms with van der Waals surface area (Å²) in [4.78, 5) is 48.1. The Hall–Kier alpha value is -3.93. The molecule has 1 amide bonds. The van der Waals surface area contributed by atoms with Gasteiger partial charge in [-0.1, -0.05) is 26.5 Å². The van der Waals surface area contributed by atoms with Crippen LogP contribution >= 0.6 is 0 Å². The maximum atomic E-state index is 12.4. The van der Waals surface area contributed by atoms with E-state index in [4.69, 9.17) is 4.84 Å². The van der Waals surface area contributed by atoms with Gasteiger partial charge in [0, 0.05) is 71.6 Å². The number of H-pyrrole nitrogens is 2. The number of fused-ring (bicyclic) bond motifs is 1. The number of carboxylic acids is 2. The van der Waals surface area contributed by atoms with Gasteiger partial charge in [0.1, 0.15) is 0 Å². The van der Waals surface area contributed by atoms with Crippen molar-refractivity contribution in [3.05, 3.63) is 74.5 Å². The molecular formula is C33H42N4O7. The average Bonchev–Trinajstić information content (AvgIpc) is 3.14. The molecule has 0 radical (unpaired) electrons. The van der Waals surface area contributed by atoms with E-state index in [0.29, 0.717) is 31.3 Å². The Morgan fingerprint density at radius 1 is 1.02 bits per heavy atom. The second-order valence-electron chi connectivity index (χ2n) is 12.2. The number of carbonyl (C=O) groups is 3. The molecule has 0 saturated carbocycles. The van der Waals surface area contributed by atoms with E-state index in [1.54, 1.807) is 11.1 Å². The van der Waals surface area contributed by atoms with Gasteiger partial charge in [-0.05, 0) is 73.9 Å². The number of aromatic amines is 2. The van der Waals surface area contributed by atoms with Crippen LogP contribution in [0.4, 0.5) is 0 Å². The van der Waals surface area contributed by atoms with Gasteiger partial charge >= 0.3 is 11.9 Å². The van der Waals surface area contributed by atoms with Crippen LogP contribution in [0.2, 0.25) is 0 Å². The molecule has 11 nitrogen and oxygen atoms in total. The molecule has 0 bridgehead atoms. The number of hydrogen-bond donors (Lipinski definition) is 6. The molecule has 236 valence electrons. The summed E-state index contributed by atoms with van der Waals surface area (Å²) in [5, 5.41) is 34.3. The zero-order valence-corrected chi connectivity index (χ0v) is 26.0. The van der Waals surface area contributed by atoms with Crippen LogP contribution in [-0.2, 0) is 44.9 Å². The van der Waals surface area contributed by atoms with Crippen LogP contribution in [0.1, 0.15) is 85.1 Å². The highest BCUT2D eigenvalue weighted by Gasteiger charge is 2.65. The van der Waals surface area contributed by atoms with Crippen molar-refractivity contribution in [2.45, 2.75) is 91.5 Å². The molecule has 5 rings (SSSR count). The lowest BCUT2D eigenvalue weighted by Gasteiger charge is -2.13. The third-order valence-corrected chi connectivity index (χ3v) is 9.69. The number of aliphatic hydroxyl groups is 1. The molecule has 0 aromatic carbocycles. The van der Waals surface area contributed by atoms with Gasteiger partial charge in [0.25, 0.3) is 5.91 Å². The molecule has 5 atom stereocenters. The highest BCUT2D eigenvalue weighted by molar-refractivity contribution is 5.86. The first-order valence-corrected chi connectivity index (χ1v) is 15.2. The Labute approximate surface area is 256 Å². The number of nitrogens with zero attached hydrogens (tertiary/aromatic N) is 1. The van der Waals surface area contributed by atoms with E-state index in [-0.39, 0.29) is 36.6 Å². The quantitative estimate of drug-likeness (QED) is 0.186. The predicted molar refractivity (Wildman–Crippen MR) is 163 cm³/mol. The molecule has 3 aliphatic heterocycles. The minimum atomic E-state index is -1.44. The number of amides is 1. The SMILES string of the molecule is C=CC1=C(C)[C@@H](Cc2[nH]c(Cc3[nH]c(/C=C4\NC(=O)[C@H](C)[C@H]4CC)c(C)c3CCC(=O)O)c(CCC(=O)O)c2C)N2O[C@]12O. The van der Waals surface area contributed by atoms with Crippen molar-refractivity contribution in [3.8, 4) is 0 Å². The fourth-order valence-electron chi connectivity index (χ4n) is 7.02. The van der Waals surface area contributed by atoms with E-state index in [2.05, 4.69) is 28.8 Å². The van der Waals surface area contributed by atoms with Gasteiger partial charge in [0.2, 0.25) is 5.91 Å². The highest BCUT2D eigenvalue weighted by Crippen LogP contribution is 2.51. The first kappa shape index (κ1) is 31.5. The molecule has 2 fully saturated rings. The van der Waals surface area contributed by atoms with Crippen molar-refractivity contribution in [3.63, 3.8) is 0 Å². The number of carbonyl (C=O) groups excluding carboxylic acids is 1. The molecule has 2 aromatic rings. The summed E-state index contributed by atoms with van der Waals surface area (Å²) in [7, 11) is 0. The zero-order chi connectivity index (χ0) is 32.1. The second kappa shape index (κ2) is 11.9. The molecule has 6 N–H and O–H groups in total. The van der Waals surface area contributed by atoms with E-state index < -0.39 is 17.8 Å². The summed E-state index contributed by atoms with van der Waals surface area (Å²) < 4.78 is 0. The molecule has 0 aliphatic carbocycles. The number of hydrogen-bond acceptors (Lipinski definition) is 6. The number of aliphatic carboxylic acids is 2. The minimum absolute atomic E-state index is 0.00462. The Kier molecular flexibility index (Phi) is 8.50. The van der Waals surface area contributed by atoms with Gasteiger partial charge in [-0.3, -0.25) is 14.4 Å². The fraction of sp³-hybridized carbons (Fsp3) is 0.485. The molecule has 3 aliphatic rings. The number of nitrogens with one attached hydrogen (secondary N) is 3. The highest BCUT2D eigenvalue weighted by atomic mass is 16.9.